The maximum atomic E-state index is 5.28. The molecular formula is C14H25IN4O2. The van der Waals surface area contributed by atoms with Crippen LogP contribution in [-0.2, 0) is 11.3 Å². The van der Waals surface area contributed by atoms with E-state index in [9.17, 15) is 0 Å². The number of hydrogen-bond acceptors (Lipinski definition) is 4. The number of nitrogens with one attached hydrogen (secondary N) is 2. The first kappa shape index (κ1) is 19.9. The lowest BCUT2D eigenvalue weighted by Gasteiger charge is -2.11. The third kappa shape index (κ3) is 8.71. The first-order valence-electron chi connectivity index (χ1n) is 6.89. The zero-order valence-corrected chi connectivity index (χ0v) is 15.2. The van der Waals surface area contributed by atoms with Crippen LogP contribution in [0.4, 0.5) is 0 Å². The molecule has 0 aliphatic heterocycles. The van der Waals surface area contributed by atoms with Crippen LogP contribution < -0.4 is 15.4 Å². The smallest absolute Gasteiger partial charge is 0.212 e. The zero-order valence-electron chi connectivity index (χ0n) is 12.9. The van der Waals surface area contributed by atoms with Crippen molar-refractivity contribution in [1.82, 2.24) is 15.6 Å². The SMILES string of the molecule is CCNC(=NCc1ccc(OC)nc1)NCCOCC.I. The van der Waals surface area contributed by atoms with Gasteiger partial charge in [-0.1, -0.05) is 6.07 Å². The Labute approximate surface area is 143 Å². The van der Waals surface area contributed by atoms with Crippen molar-refractivity contribution in [3.63, 3.8) is 0 Å². The first-order valence-corrected chi connectivity index (χ1v) is 6.89. The maximum absolute atomic E-state index is 5.28. The first-order chi connectivity index (χ1) is 9.80. The van der Waals surface area contributed by atoms with E-state index < -0.39 is 0 Å². The lowest BCUT2D eigenvalue weighted by atomic mass is 10.3. The van der Waals surface area contributed by atoms with Crippen molar-refractivity contribution in [3.8, 4) is 5.88 Å². The topological polar surface area (TPSA) is 67.8 Å². The molecule has 0 aliphatic carbocycles. The molecule has 1 heterocycles. The molecule has 0 spiro atoms. The van der Waals surface area contributed by atoms with E-state index in [0.717, 1.165) is 31.2 Å². The summed E-state index contributed by atoms with van der Waals surface area (Å²) in [4.78, 5) is 8.65. The third-order valence-electron chi connectivity index (χ3n) is 2.51. The molecule has 0 atom stereocenters. The van der Waals surface area contributed by atoms with Crippen LogP contribution in [0.1, 0.15) is 19.4 Å². The fourth-order valence-electron chi connectivity index (χ4n) is 1.52. The van der Waals surface area contributed by atoms with Gasteiger partial charge in [0.05, 0.1) is 20.3 Å². The summed E-state index contributed by atoms with van der Waals surface area (Å²) in [6.07, 6.45) is 1.77. The van der Waals surface area contributed by atoms with Gasteiger partial charge in [-0.2, -0.15) is 0 Å². The summed E-state index contributed by atoms with van der Waals surface area (Å²) in [5, 5.41) is 6.41. The van der Waals surface area contributed by atoms with E-state index in [2.05, 4.69) is 20.6 Å². The molecule has 21 heavy (non-hydrogen) atoms. The quantitative estimate of drug-likeness (QED) is 0.297. The van der Waals surface area contributed by atoms with E-state index in [1.807, 2.05) is 26.0 Å². The van der Waals surface area contributed by atoms with Gasteiger partial charge in [0.25, 0.3) is 0 Å². The van der Waals surface area contributed by atoms with Gasteiger partial charge in [-0.25, -0.2) is 9.98 Å². The fraction of sp³-hybridized carbons (Fsp3) is 0.571. The van der Waals surface area contributed by atoms with Crippen LogP contribution in [0.5, 0.6) is 5.88 Å². The highest BCUT2D eigenvalue weighted by atomic mass is 127. The molecule has 0 aromatic carbocycles. The Hall–Kier alpha value is -1.09. The number of guanidine groups is 1. The van der Waals surface area contributed by atoms with Crippen LogP contribution in [0.3, 0.4) is 0 Å². The van der Waals surface area contributed by atoms with Crippen LogP contribution in [-0.4, -0.2) is 44.4 Å². The Kier molecular flexibility index (Phi) is 12.0. The summed E-state index contributed by atoms with van der Waals surface area (Å²) < 4.78 is 10.3. The zero-order chi connectivity index (χ0) is 14.6. The predicted molar refractivity (Wildman–Crippen MR) is 95.5 cm³/mol. The van der Waals surface area contributed by atoms with E-state index >= 15 is 0 Å². The number of methoxy groups -OCH3 is 1. The van der Waals surface area contributed by atoms with Crippen LogP contribution >= 0.6 is 24.0 Å². The number of aliphatic imine (C=N–C) groups is 1. The normalized spacial score (nSPS) is 10.7. The molecule has 0 saturated heterocycles. The second kappa shape index (κ2) is 12.6. The number of nitrogens with zero attached hydrogens (tertiary/aromatic N) is 2. The number of aromatic nitrogens is 1. The summed E-state index contributed by atoms with van der Waals surface area (Å²) in [5.74, 6) is 1.39. The molecule has 0 unspecified atom stereocenters. The van der Waals surface area contributed by atoms with E-state index in [-0.39, 0.29) is 24.0 Å². The van der Waals surface area contributed by atoms with Crippen molar-refractivity contribution in [2.75, 3.05) is 33.4 Å². The summed E-state index contributed by atoms with van der Waals surface area (Å²) in [7, 11) is 1.60. The van der Waals surface area contributed by atoms with Crippen molar-refractivity contribution in [3.05, 3.63) is 23.9 Å². The number of ether oxygens (including phenoxy) is 2. The average Bonchev–Trinajstić information content (AvgIpc) is 2.49. The van der Waals surface area contributed by atoms with Crippen molar-refractivity contribution in [2.24, 2.45) is 4.99 Å². The van der Waals surface area contributed by atoms with Crippen LogP contribution in [0.25, 0.3) is 0 Å². The van der Waals surface area contributed by atoms with Gasteiger partial charge in [-0.3, -0.25) is 0 Å². The van der Waals surface area contributed by atoms with Gasteiger partial charge in [-0.05, 0) is 19.4 Å². The highest BCUT2D eigenvalue weighted by Gasteiger charge is 1.98. The minimum atomic E-state index is 0. The Morgan fingerprint density at radius 1 is 1.29 bits per heavy atom. The van der Waals surface area contributed by atoms with Gasteiger partial charge in [0.15, 0.2) is 5.96 Å². The predicted octanol–water partition coefficient (Wildman–Crippen LogP) is 1.80. The second-order valence-corrected chi connectivity index (χ2v) is 4.03. The molecule has 1 aromatic rings. The molecule has 0 saturated carbocycles. The van der Waals surface area contributed by atoms with Gasteiger partial charge in [0.2, 0.25) is 5.88 Å². The maximum Gasteiger partial charge on any atom is 0.212 e. The molecule has 0 aliphatic rings. The van der Waals surface area contributed by atoms with Crippen molar-refractivity contribution >= 4 is 29.9 Å². The molecule has 0 radical (unpaired) electrons. The molecule has 0 bridgehead atoms. The molecule has 6 nitrogen and oxygen atoms in total. The Morgan fingerprint density at radius 3 is 2.67 bits per heavy atom. The van der Waals surface area contributed by atoms with Crippen molar-refractivity contribution in [2.45, 2.75) is 20.4 Å². The van der Waals surface area contributed by atoms with Crippen molar-refractivity contribution in [1.29, 1.82) is 0 Å². The van der Waals surface area contributed by atoms with Gasteiger partial charge < -0.3 is 20.1 Å². The summed E-state index contributed by atoms with van der Waals surface area (Å²) in [5.41, 5.74) is 1.04. The fourth-order valence-corrected chi connectivity index (χ4v) is 1.52. The highest BCUT2D eigenvalue weighted by Crippen LogP contribution is 2.07. The van der Waals surface area contributed by atoms with Gasteiger partial charge in [-0.15, -0.1) is 24.0 Å². The summed E-state index contributed by atoms with van der Waals surface area (Å²) >= 11 is 0. The summed E-state index contributed by atoms with van der Waals surface area (Å²) in [6, 6.07) is 3.79. The standard InChI is InChI=1S/C14H24N4O2.HI/c1-4-15-14(16-8-9-20-5-2)18-11-12-6-7-13(19-3)17-10-12;/h6-7,10H,4-5,8-9,11H2,1-3H3,(H2,15,16,18);1H. The number of pyridine rings is 1. The van der Waals surface area contributed by atoms with E-state index in [1.54, 1.807) is 13.3 Å². The molecule has 120 valence electrons. The Balaban J connectivity index is 0.00000400. The van der Waals surface area contributed by atoms with Crippen molar-refractivity contribution < 1.29 is 9.47 Å². The lowest BCUT2D eigenvalue weighted by Crippen LogP contribution is -2.39. The number of halogens is 1. The molecule has 7 heteroatoms. The monoisotopic (exact) mass is 408 g/mol. The molecule has 2 N–H and O–H groups in total. The molecule has 0 fully saturated rings. The minimum Gasteiger partial charge on any atom is -0.481 e. The third-order valence-corrected chi connectivity index (χ3v) is 2.51. The highest BCUT2D eigenvalue weighted by molar-refractivity contribution is 14.0. The summed E-state index contributed by atoms with van der Waals surface area (Å²) in [6.45, 7) is 7.55. The number of rotatable bonds is 8. The Morgan fingerprint density at radius 2 is 2.10 bits per heavy atom. The lowest BCUT2D eigenvalue weighted by molar-refractivity contribution is 0.152. The molecule has 1 rings (SSSR count). The molecule has 0 amide bonds. The van der Waals surface area contributed by atoms with Crippen LogP contribution in [0.15, 0.2) is 23.3 Å². The second-order valence-electron chi connectivity index (χ2n) is 4.03. The largest absolute Gasteiger partial charge is 0.481 e. The Bertz CT molecular complexity index is 398. The molecular weight excluding hydrogens is 383 g/mol. The average molecular weight is 408 g/mol. The minimum absolute atomic E-state index is 0. The van der Waals surface area contributed by atoms with Gasteiger partial charge in [0.1, 0.15) is 0 Å². The van der Waals surface area contributed by atoms with Gasteiger partial charge >= 0.3 is 0 Å². The van der Waals surface area contributed by atoms with E-state index in [4.69, 9.17) is 9.47 Å². The van der Waals surface area contributed by atoms with Gasteiger partial charge in [0, 0.05) is 32.0 Å². The van der Waals surface area contributed by atoms with Crippen LogP contribution in [0.2, 0.25) is 0 Å². The van der Waals surface area contributed by atoms with Crippen LogP contribution in [0, 0.1) is 0 Å². The molecule has 1 aromatic heterocycles. The van der Waals surface area contributed by atoms with E-state index in [0.29, 0.717) is 19.0 Å². The number of hydrogen-bond donors (Lipinski definition) is 2. The van der Waals surface area contributed by atoms with E-state index in [1.165, 1.54) is 0 Å².